The molecule has 1 saturated carbocycles. The van der Waals surface area contributed by atoms with Crippen LogP contribution in [-0.2, 0) is 11.2 Å². The van der Waals surface area contributed by atoms with Crippen molar-refractivity contribution in [3.63, 3.8) is 0 Å². The Morgan fingerprint density at radius 2 is 1.83 bits per heavy atom. The van der Waals surface area contributed by atoms with E-state index in [9.17, 15) is 4.79 Å². The van der Waals surface area contributed by atoms with Crippen molar-refractivity contribution in [2.75, 3.05) is 20.1 Å². The number of aryl methyl sites for hydroxylation is 3. The summed E-state index contributed by atoms with van der Waals surface area (Å²) in [6.45, 7) is 13.5. The highest BCUT2D eigenvalue weighted by molar-refractivity contribution is 6.31. The first-order valence-electron chi connectivity index (χ1n) is 12.4. The predicted octanol–water partition coefficient (Wildman–Crippen LogP) is 7.16. The second kappa shape index (κ2) is 15.4. The molecule has 4 rings (SSSR count). The Morgan fingerprint density at radius 3 is 2.14 bits per heavy atom. The zero-order valence-electron chi connectivity index (χ0n) is 22.1. The van der Waals surface area contributed by atoms with Crippen molar-refractivity contribution in [3.05, 3.63) is 69.7 Å². The number of hydrogen-bond acceptors (Lipinski definition) is 4. The average molecular weight is 494 g/mol. The molecule has 2 aromatic rings. The van der Waals surface area contributed by atoms with Gasteiger partial charge in [-0.1, -0.05) is 62.7 Å². The molecule has 0 bridgehead atoms. The van der Waals surface area contributed by atoms with Gasteiger partial charge >= 0.3 is 0 Å². The molecule has 1 atom stereocenters. The molecule has 1 aliphatic heterocycles. The van der Waals surface area contributed by atoms with Gasteiger partial charge in [-0.3, -0.25) is 0 Å². The summed E-state index contributed by atoms with van der Waals surface area (Å²) in [5.41, 5.74) is 3.92. The Labute approximate surface area is 217 Å². The molecule has 35 heavy (non-hydrogen) atoms. The lowest BCUT2D eigenvalue weighted by atomic mass is 9.95. The zero-order valence-corrected chi connectivity index (χ0v) is 22.9. The van der Waals surface area contributed by atoms with Crippen molar-refractivity contribution in [2.24, 2.45) is 17.3 Å². The Balaban J connectivity index is 0.000000235. The first-order valence-corrected chi connectivity index (χ1v) is 12.8. The van der Waals surface area contributed by atoms with E-state index in [0.717, 1.165) is 42.9 Å². The fraction of sp³-hybridized carbons (Fsp3) is 0.500. The Morgan fingerprint density at radius 1 is 1.17 bits per heavy atom. The summed E-state index contributed by atoms with van der Waals surface area (Å²) in [7, 11) is 2.21. The molecule has 2 aromatic carbocycles. The van der Waals surface area contributed by atoms with E-state index in [1.54, 1.807) is 12.1 Å². The quantitative estimate of drug-likeness (QED) is 0.425. The number of likely N-dealkylation sites (tertiary alicyclic amines) is 1. The monoisotopic (exact) mass is 493 g/mol. The summed E-state index contributed by atoms with van der Waals surface area (Å²) >= 11 is 5.71. The van der Waals surface area contributed by atoms with E-state index < -0.39 is 5.41 Å². The average Bonchev–Trinajstić information content (AvgIpc) is 3.52. The summed E-state index contributed by atoms with van der Waals surface area (Å²) < 4.78 is 0. The number of benzene rings is 2. The summed E-state index contributed by atoms with van der Waals surface area (Å²) in [6, 6.07) is 17.8. The van der Waals surface area contributed by atoms with Crippen molar-refractivity contribution >= 4 is 17.9 Å². The maximum absolute atomic E-state index is 9.90. The minimum absolute atomic E-state index is 0.530. The van der Waals surface area contributed by atoms with E-state index in [4.69, 9.17) is 22.1 Å². The van der Waals surface area contributed by atoms with Crippen LogP contribution in [0.4, 0.5) is 0 Å². The molecule has 0 N–H and O–H groups in total. The van der Waals surface area contributed by atoms with Gasteiger partial charge in [0.2, 0.25) is 0 Å². The number of nitrogens with zero attached hydrogens (tertiary/aromatic N) is 3. The van der Waals surface area contributed by atoms with E-state index in [0.29, 0.717) is 10.6 Å². The summed E-state index contributed by atoms with van der Waals surface area (Å²) in [5, 5.41) is 17.2. The lowest BCUT2D eigenvalue weighted by Gasteiger charge is -2.13. The molecule has 5 heteroatoms. The van der Waals surface area contributed by atoms with Crippen LogP contribution in [0.15, 0.2) is 42.5 Å². The van der Waals surface area contributed by atoms with Gasteiger partial charge in [-0.25, -0.2) is 0 Å². The summed E-state index contributed by atoms with van der Waals surface area (Å²) in [6.07, 6.45) is 4.84. The normalized spacial score (nSPS) is 17.3. The number of carbonyl (C=O) groups is 1. The Hall–Kier alpha value is -2.66. The summed E-state index contributed by atoms with van der Waals surface area (Å²) in [4.78, 5) is 12.3. The third kappa shape index (κ3) is 11.1. The highest BCUT2D eigenvalue weighted by atomic mass is 35.5. The van der Waals surface area contributed by atoms with Gasteiger partial charge in [-0.15, -0.1) is 0 Å². The van der Waals surface area contributed by atoms with Crippen LogP contribution in [0.25, 0.3) is 0 Å². The van der Waals surface area contributed by atoms with Crippen LogP contribution in [0.3, 0.4) is 0 Å². The van der Waals surface area contributed by atoms with E-state index in [1.165, 1.54) is 30.6 Å². The van der Waals surface area contributed by atoms with Crippen LogP contribution in [0.2, 0.25) is 5.02 Å². The van der Waals surface area contributed by atoms with E-state index in [-0.39, 0.29) is 0 Å². The van der Waals surface area contributed by atoms with Crippen LogP contribution in [-0.4, -0.2) is 31.3 Å². The van der Waals surface area contributed by atoms with E-state index >= 15 is 0 Å². The fourth-order valence-corrected chi connectivity index (χ4v) is 3.90. The highest BCUT2D eigenvalue weighted by Gasteiger charge is 2.42. The van der Waals surface area contributed by atoms with Crippen molar-refractivity contribution in [1.82, 2.24) is 4.90 Å². The Kier molecular flexibility index (Phi) is 13.3. The molecular weight excluding hydrogens is 454 g/mol. The van der Waals surface area contributed by atoms with Crippen LogP contribution in [0.1, 0.15) is 62.3 Å². The lowest BCUT2D eigenvalue weighted by Crippen LogP contribution is -2.16. The molecule has 0 radical (unpaired) electrons. The highest BCUT2D eigenvalue weighted by Crippen LogP contribution is 2.42. The minimum Gasteiger partial charge on any atom is -0.306 e. The molecule has 0 amide bonds. The lowest BCUT2D eigenvalue weighted by molar-refractivity contribution is -0.110. The number of aldehydes is 1. The predicted molar refractivity (Wildman–Crippen MR) is 145 cm³/mol. The van der Waals surface area contributed by atoms with Gasteiger partial charge in [0, 0.05) is 6.54 Å². The molecule has 2 fully saturated rings. The van der Waals surface area contributed by atoms with Crippen LogP contribution in [0.5, 0.6) is 0 Å². The maximum Gasteiger partial charge on any atom is 0.140 e. The van der Waals surface area contributed by atoms with E-state index in [2.05, 4.69) is 63.9 Å². The fourth-order valence-electron chi connectivity index (χ4n) is 3.62. The second-order valence-electron chi connectivity index (χ2n) is 9.82. The van der Waals surface area contributed by atoms with Gasteiger partial charge in [-0.2, -0.15) is 10.5 Å². The maximum atomic E-state index is 9.90. The number of halogens is 1. The molecule has 0 spiro atoms. The molecule has 2 aliphatic rings. The third-order valence-electron chi connectivity index (χ3n) is 6.49. The molecule has 188 valence electrons. The smallest absolute Gasteiger partial charge is 0.140 e. The number of carbonyl (C=O) groups excluding carboxylic acids is 1. The largest absolute Gasteiger partial charge is 0.306 e. The third-order valence-corrected chi connectivity index (χ3v) is 6.81. The summed E-state index contributed by atoms with van der Waals surface area (Å²) in [5.74, 6) is 1.85. The second-order valence-corrected chi connectivity index (χ2v) is 10.2. The molecule has 1 heterocycles. The van der Waals surface area contributed by atoms with Crippen molar-refractivity contribution < 1.29 is 4.79 Å². The topological polar surface area (TPSA) is 67.9 Å². The number of rotatable bonds is 3. The molecule has 0 aromatic heterocycles. The van der Waals surface area contributed by atoms with Crippen molar-refractivity contribution in [2.45, 2.75) is 60.3 Å². The van der Waals surface area contributed by atoms with E-state index in [1.807, 2.05) is 25.1 Å². The van der Waals surface area contributed by atoms with Gasteiger partial charge in [0.05, 0.1) is 16.7 Å². The van der Waals surface area contributed by atoms with Gasteiger partial charge in [0.15, 0.2) is 0 Å². The van der Waals surface area contributed by atoms with Crippen LogP contribution < -0.4 is 0 Å². The zero-order chi connectivity index (χ0) is 26.4. The van der Waals surface area contributed by atoms with Gasteiger partial charge in [0.25, 0.3) is 0 Å². The minimum atomic E-state index is -0.542. The first-order chi connectivity index (χ1) is 16.6. The van der Waals surface area contributed by atoms with Gasteiger partial charge in [-0.05, 0) is 93.8 Å². The Bertz CT molecular complexity index is 1010. The molecular formula is C30H40ClN3O. The molecule has 1 aliphatic carbocycles. The van der Waals surface area contributed by atoms with Crippen molar-refractivity contribution in [1.29, 1.82) is 10.5 Å². The number of hydrogen-bond donors (Lipinski definition) is 0. The molecule has 1 unspecified atom stereocenters. The standard InChI is InChI=1S/C9H12.C8H6ClN.C8H17N.C5H5NO/c1-3-9-7-5-4-6-8(9)2;1-6-2-3-7(5-10)8(9)4-6;1-7(2)8-4-5-9(3)6-8;6-3-5(4-7)1-2-5/h4-7H,3H2,1-2H3;2-4H,1H3;7-8H,4-6H2,1-3H3;4H,1-2H2. The molecule has 1 saturated heterocycles. The van der Waals surface area contributed by atoms with Crippen LogP contribution in [0, 0.1) is 53.8 Å². The van der Waals surface area contributed by atoms with Crippen molar-refractivity contribution in [3.8, 4) is 12.1 Å². The first kappa shape index (κ1) is 30.4. The van der Waals surface area contributed by atoms with Gasteiger partial charge < -0.3 is 9.69 Å². The van der Waals surface area contributed by atoms with Crippen LogP contribution >= 0.6 is 11.6 Å². The molecule has 4 nitrogen and oxygen atoms in total. The SMILES string of the molecule is CC(C)C1CCN(C)C1.CCc1ccccc1C.Cc1ccc(C#N)c(Cl)c1.N#CC1(C=O)CC1. The van der Waals surface area contributed by atoms with Gasteiger partial charge in [0.1, 0.15) is 17.8 Å². The number of nitriles is 2.